The Kier molecular flexibility index (Phi) is 3.29. The van der Waals surface area contributed by atoms with Gasteiger partial charge in [-0.15, -0.1) is 0 Å². The molecule has 0 aliphatic carbocycles. The summed E-state index contributed by atoms with van der Waals surface area (Å²) in [4.78, 5) is 19.6. The summed E-state index contributed by atoms with van der Waals surface area (Å²) in [5.41, 5.74) is 12.4. The summed E-state index contributed by atoms with van der Waals surface area (Å²) in [6.07, 6.45) is 1.44. The fourth-order valence-corrected chi connectivity index (χ4v) is 1.51. The SMILES string of the molecule is Nc1cc(N)cc(C(=O)Nc2nccc(Cl)n2)c1. The Morgan fingerprint density at radius 2 is 1.89 bits per heavy atom. The second-order valence-corrected chi connectivity index (χ2v) is 3.93. The lowest BCUT2D eigenvalue weighted by molar-refractivity contribution is 0.102. The Labute approximate surface area is 108 Å². The van der Waals surface area contributed by atoms with E-state index in [2.05, 4.69) is 15.3 Å². The first-order valence-corrected chi connectivity index (χ1v) is 5.38. The molecule has 0 fully saturated rings. The van der Waals surface area contributed by atoms with E-state index < -0.39 is 5.91 Å². The van der Waals surface area contributed by atoms with Crippen LogP contribution < -0.4 is 16.8 Å². The Morgan fingerprint density at radius 3 is 2.50 bits per heavy atom. The van der Waals surface area contributed by atoms with E-state index >= 15 is 0 Å². The van der Waals surface area contributed by atoms with Crippen molar-refractivity contribution in [3.8, 4) is 0 Å². The van der Waals surface area contributed by atoms with Gasteiger partial charge >= 0.3 is 0 Å². The zero-order chi connectivity index (χ0) is 13.1. The van der Waals surface area contributed by atoms with Gasteiger partial charge in [-0.3, -0.25) is 10.1 Å². The molecule has 0 atom stereocenters. The average Bonchev–Trinajstić information content (AvgIpc) is 2.27. The van der Waals surface area contributed by atoms with Crippen LogP contribution in [0, 0.1) is 0 Å². The number of aromatic nitrogens is 2. The van der Waals surface area contributed by atoms with E-state index in [0.29, 0.717) is 16.9 Å². The summed E-state index contributed by atoms with van der Waals surface area (Å²) in [6.45, 7) is 0. The van der Waals surface area contributed by atoms with Gasteiger partial charge in [0.05, 0.1) is 0 Å². The summed E-state index contributed by atoms with van der Waals surface area (Å²) in [7, 11) is 0. The van der Waals surface area contributed by atoms with E-state index in [1.165, 1.54) is 24.4 Å². The maximum Gasteiger partial charge on any atom is 0.258 e. The van der Waals surface area contributed by atoms with Crippen molar-refractivity contribution >= 4 is 34.8 Å². The van der Waals surface area contributed by atoms with Gasteiger partial charge in [-0.2, -0.15) is 0 Å². The minimum absolute atomic E-state index is 0.119. The predicted octanol–water partition coefficient (Wildman–Crippen LogP) is 1.55. The maximum atomic E-state index is 11.9. The zero-order valence-electron chi connectivity index (χ0n) is 9.22. The molecule has 2 aromatic rings. The van der Waals surface area contributed by atoms with Gasteiger partial charge < -0.3 is 11.5 Å². The second-order valence-electron chi connectivity index (χ2n) is 3.55. The maximum absolute atomic E-state index is 11.9. The van der Waals surface area contributed by atoms with Gasteiger partial charge in [-0.25, -0.2) is 9.97 Å². The first-order valence-electron chi connectivity index (χ1n) is 5.00. The van der Waals surface area contributed by atoms with Crippen LogP contribution in [-0.2, 0) is 0 Å². The predicted molar refractivity (Wildman–Crippen MR) is 70.3 cm³/mol. The Hall–Kier alpha value is -2.34. The van der Waals surface area contributed by atoms with Crippen molar-refractivity contribution in [1.29, 1.82) is 0 Å². The number of amides is 1. The first-order chi connectivity index (χ1) is 8.54. The highest BCUT2D eigenvalue weighted by Gasteiger charge is 2.09. The molecular weight excluding hydrogens is 254 g/mol. The lowest BCUT2D eigenvalue weighted by atomic mass is 10.1. The number of anilines is 3. The molecule has 0 aliphatic rings. The number of carbonyl (C=O) groups excluding carboxylic acids is 1. The molecular formula is C11H10ClN5O. The fraction of sp³-hybridized carbons (Fsp3) is 0. The number of hydrogen-bond donors (Lipinski definition) is 3. The van der Waals surface area contributed by atoms with Crippen LogP contribution in [-0.4, -0.2) is 15.9 Å². The standard InChI is InChI=1S/C11H10ClN5O/c12-9-1-2-15-11(16-9)17-10(18)6-3-7(13)5-8(14)4-6/h1-5H,13-14H2,(H,15,16,17,18). The zero-order valence-corrected chi connectivity index (χ0v) is 9.98. The van der Waals surface area contributed by atoms with E-state index in [1.54, 1.807) is 6.07 Å². The van der Waals surface area contributed by atoms with Gasteiger partial charge in [0.15, 0.2) is 0 Å². The van der Waals surface area contributed by atoms with Crippen LogP contribution in [0.2, 0.25) is 5.15 Å². The van der Waals surface area contributed by atoms with E-state index in [-0.39, 0.29) is 11.1 Å². The lowest BCUT2D eigenvalue weighted by Gasteiger charge is -2.05. The number of carbonyl (C=O) groups is 1. The van der Waals surface area contributed by atoms with E-state index in [1.807, 2.05) is 0 Å². The highest BCUT2D eigenvalue weighted by Crippen LogP contribution is 2.15. The van der Waals surface area contributed by atoms with E-state index in [9.17, 15) is 4.79 Å². The molecule has 0 spiro atoms. The minimum atomic E-state index is -0.406. The van der Waals surface area contributed by atoms with Crippen LogP contribution in [0.1, 0.15) is 10.4 Å². The number of halogens is 1. The smallest absolute Gasteiger partial charge is 0.258 e. The van der Waals surface area contributed by atoms with Crippen LogP contribution in [0.25, 0.3) is 0 Å². The summed E-state index contributed by atoms with van der Waals surface area (Å²) < 4.78 is 0. The lowest BCUT2D eigenvalue weighted by Crippen LogP contribution is -2.14. The van der Waals surface area contributed by atoms with Gasteiger partial charge in [-0.05, 0) is 24.3 Å². The largest absolute Gasteiger partial charge is 0.399 e. The van der Waals surface area contributed by atoms with Crippen molar-refractivity contribution < 1.29 is 4.79 Å². The van der Waals surface area contributed by atoms with Crippen molar-refractivity contribution in [2.45, 2.75) is 0 Å². The van der Waals surface area contributed by atoms with E-state index in [4.69, 9.17) is 23.1 Å². The highest BCUT2D eigenvalue weighted by atomic mass is 35.5. The molecule has 18 heavy (non-hydrogen) atoms. The van der Waals surface area contributed by atoms with Gasteiger partial charge in [0, 0.05) is 23.1 Å². The molecule has 1 aromatic heterocycles. The molecule has 2 rings (SSSR count). The monoisotopic (exact) mass is 263 g/mol. The molecule has 1 heterocycles. The molecule has 0 aliphatic heterocycles. The number of nitrogens with two attached hydrogens (primary N) is 2. The van der Waals surface area contributed by atoms with Gasteiger partial charge in [-0.1, -0.05) is 11.6 Å². The van der Waals surface area contributed by atoms with Crippen molar-refractivity contribution in [3.05, 3.63) is 41.2 Å². The Morgan fingerprint density at radius 1 is 1.22 bits per heavy atom. The number of rotatable bonds is 2. The summed E-state index contributed by atoms with van der Waals surface area (Å²) in [6, 6.07) is 6.09. The normalized spacial score (nSPS) is 10.1. The topological polar surface area (TPSA) is 107 Å². The molecule has 1 amide bonds. The molecule has 92 valence electrons. The van der Waals surface area contributed by atoms with Crippen LogP contribution in [0.4, 0.5) is 17.3 Å². The Bertz CT molecular complexity index is 581. The second kappa shape index (κ2) is 4.89. The fourth-order valence-electron chi connectivity index (χ4n) is 1.38. The number of hydrogen-bond acceptors (Lipinski definition) is 5. The van der Waals surface area contributed by atoms with Crippen LogP contribution >= 0.6 is 11.6 Å². The molecule has 1 aromatic carbocycles. The van der Waals surface area contributed by atoms with Gasteiger partial charge in [0.1, 0.15) is 5.15 Å². The minimum Gasteiger partial charge on any atom is -0.399 e. The number of nitrogens with zero attached hydrogens (tertiary/aromatic N) is 2. The molecule has 7 heteroatoms. The van der Waals surface area contributed by atoms with Crippen LogP contribution in [0.15, 0.2) is 30.5 Å². The third-order valence-corrected chi connectivity index (χ3v) is 2.30. The molecule has 0 bridgehead atoms. The third kappa shape index (κ3) is 2.86. The average molecular weight is 264 g/mol. The Balaban J connectivity index is 2.22. The van der Waals surface area contributed by atoms with Crippen molar-refractivity contribution in [3.63, 3.8) is 0 Å². The number of nitrogens with one attached hydrogen (secondary N) is 1. The molecule has 0 saturated carbocycles. The molecule has 6 nitrogen and oxygen atoms in total. The first kappa shape index (κ1) is 12.1. The van der Waals surface area contributed by atoms with Crippen molar-refractivity contribution in [2.24, 2.45) is 0 Å². The van der Waals surface area contributed by atoms with Crippen LogP contribution in [0.3, 0.4) is 0 Å². The summed E-state index contributed by atoms with van der Waals surface area (Å²) in [5, 5.41) is 2.74. The molecule has 0 radical (unpaired) electrons. The van der Waals surface area contributed by atoms with Crippen LogP contribution in [0.5, 0.6) is 0 Å². The van der Waals surface area contributed by atoms with Gasteiger partial charge in [0.25, 0.3) is 5.91 Å². The number of nitrogen functional groups attached to an aromatic ring is 2. The summed E-state index contributed by atoms with van der Waals surface area (Å²) in [5.74, 6) is -0.287. The highest BCUT2D eigenvalue weighted by molar-refractivity contribution is 6.29. The van der Waals surface area contributed by atoms with E-state index in [0.717, 1.165) is 0 Å². The van der Waals surface area contributed by atoms with Crippen molar-refractivity contribution in [1.82, 2.24) is 9.97 Å². The molecule has 5 N–H and O–H groups in total. The molecule has 0 unspecified atom stereocenters. The molecule has 0 saturated heterocycles. The van der Waals surface area contributed by atoms with Gasteiger partial charge in [0.2, 0.25) is 5.95 Å². The quantitative estimate of drug-likeness (QED) is 0.563. The summed E-state index contributed by atoms with van der Waals surface area (Å²) >= 11 is 5.68. The number of benzene rings is 1. The van der Waals surface area contributed by atoms with Crippen molar-refractivity contribution in [2.75, 3.05) is 16.8 Å². The third-order valence-electron chi connectivity index (χ3n) is 2.09.